The van der Waals surface area contributed by atoms with Crippen molar-refractivity contribution < 1.29 is 36.6 Å². The second kappa shape index (κ2) is 14.4. The number of nitrogens with zero attached hydrogens (tertiary/aromatic N) is 1. The summed E-state index contributed by atoms with van der Waals surface area (Å²) in [7, 11) is 0. The number of thiophene rings is 2. The van der Waals surface area contributed by atoms with Crippen molar-refractivity contribution in [1.82, 2.24) is 9.97 Å². The van der Waals surface area contributed by atoms with Crippen LogP contribution in [-0.4, -0.2) is 43.7 Å². The smallest absolute Gasteiger partial charge is 0.380 e. The lowest BCUT2D eigenvalue weighted by molar-refractivity contribution is -0.266. The molecular weight excluding hydrogens is 707 g/mol. The maximum Gasteiger partial charge on any atom is 0.417 e. The van der Waals surface area contributed by atoms with Gasteiger partial charge in [-0.15, -0.1) is 0 Å². The average Bonchev–Trinajstić information content (AvgIpc) is 3.83. The van der Waals surface area contributed by atoms with Gasteiger partial charge in [0.2, 0.25) is 0 Å². The van der Waals surface area contributed by atoms with Crippen LogP contribution in [0.5, 0.6) is 0 Å². The van der Waals surface area contributed by atoms with Crippen molar-refractivity contribution in [3.8, 4) is 0 Å². The third-order valence-corrected chi connectivity index (χ3v) is 10.8. The Morgan fingerprint density at radius 1 is 0.667 bits per heavy atom. The van der Waals surface area contributed by atoms with Gasteiger partial charge in [0.15, 0.2) is 11.2 Å². The molecule has 0 radical (unpaired) electrons. The van der Waals surface area contributed by atoms with E-state index in [4.69, 9.17) is 0 Å². The standard InChI is InChI=1S/C20H20F3NOS.C19H20F3NOS/c1-18(2,15-8-10-26-12-15)13-19(25,20(21,22)23)11-14-7-9-24-17-6-4-3-5-16(14)17;1-17(2,14-7-8-25-11-14)12-18(24,19(20,21)22)10-15-9-13-5-3-4-6-16(13)23-15/h3-10,12,25H,11,13H2,1-2H3;3-9,11,23-24H,10,12H2,1-2H3. The summed E-state index contributed by atoms with van der Waals surface area (Å²) in [6.45, 7) is 6.93. The first-order valence-corrected chi connectivity index (χ1v) is 18.1. The molecule has 0 saturated heterocycles. The Hall–Kier alpha value is -3.71. The monoisotopic (exact) mass is 746 g/mol. The lowest BCUT2D eigenvalue weighted by Crippen LogP contribution is -2.50. The zero-order valence-electron chi connectivity index (χ0n) is 28.6. The molecule has 4 heterocycles. The van der Waals surface area contributed by atoms with Crippen molar-refractivity contribution in [3.63, 3.8) is 0 Å². The highest BCUT2D eigenvalue weighted by Crippen LogP contribution is 2.45. The van der Waals surface area contributed by atoms with Gasteiger partial charge in [-0.1, -0.05) is 64.1 Å². The van der Waals surface area contributed by atoms with Crippen molar-refractivity contribution in [2.24, 2.45) is 0 Å². The molecule has 0 spiro atoms. The van der Waals surface area contributed by atoms with E-state index in [1.165, 1.54) is 28.9 Å². The van der Waals surface area contributed by atoms with Crippen LogP contribution in [0.2, 0.25) is 0 Å². The third-order valence-electron chi connectivity index (χ3n) is 9.42. The Balaban J connectivity index is 0.000000198. The molecule has 6 aromatic rings. The van der Waals surface area contributed by atoms with Gasteiger partial charge in [0.1, 0.15) is 0 Å². The zero-order chi connectivity index (χ0) is 37.3. The minimum atomic E-state index is -4.75. The number of fused-ring (bicyclic) bond motifs is 2. The van der Waals surface area contributed by atoms with E-state index < -0.39 is 60.1 Å². The number of nitrogens with one attached hydrogen (secondary N) is 1. The average molecular weight is 747 g/mol. The molecule has 0 bridgehead atoms. The van der Waals surface area contributed by atoms with Gasteiger partial charge in [-0.05, 0) is 104 Å². The van der Waals surface area contributed by atoms with Gasteiger partial charge in [-0.2, -0.15) is 49.0 Å². The summed E-state index contributed by atoms with van der Waals surface area (Å²) in [5.74, 6) is 0. The number of pyridine rings is 1. The van der Waals surface area contributed by atoms with Gasteiger partial charge in [0, 0.05) is 35.6 Å². The fraction of sp³-hybridized carbons (Fsp3) is 0.359. The first kappa shape index (κ1) is 38.5. The quantitative estimate of drug-likeness (QED) is 0.122. The maximum absolute atomic E-state index is 13.9. The molecule has 6 rings (SSSR count). The maximum atomic E-state index is 13.9. The minimum Gasteiger partial charge on any atom is -0.380 e. The number of aliphatic hydroxyl groups is 2. The molecule has 0 aliphatic carbocycles. The highest BCUT2D eigenvalue weighted by molar-refractivity contribution is 7.08. The van der Waals surface area contributed by atoms with Crippen LogP contribution in [0.25, 0.3) is 21.8 Å². The van der Waals surface area contributed by atoms with Crippen LogP contribution in [0.3, 0.4) is 0 Å². The molecule has 2 unspecified atom stereocenters. The van der Waals surface area contributed by atoms with Crippen LogP contribution >= 0.6 is 22.7 Å². The van der Waals surface area contributed by atoms with Crippen LogP contribution < -0.4 is 0 Å². The second-order valence-electron chi connectivity index (χ2n) is 14.4. The van der Waals surface area contributed by atoms with Crippen molar-refractivity contribution in [2.45, 2.75) is 87.8 Å². The SMILES string of the molecule is CC(C)(CC(O)(Cc1cc2ccccc2[nH]1)C(F)(F)F)c1ccsc1.CC(C)(CC(O)(Cc1ccnc2ccccc12)C(F)(F)F)c1ccsc1. The van der Waals surface area contributed by atoms with E-state index in [1.807, 2.05) is 51.9 Å². The van der Waals surface area contributed by atoms with Crippen molar-refractivity contribution in [1.29, 1.82) is 0 Å². The first-order chi connectivity index (χ1) is 23.7. The Morgan fingerprint density at radius 2 is 1.20 bits per heavy atom. The van der Waals surface area contributed by atoms with E-state index in [9.17, 15) is 36.6 Å². The van der Waals surface area contributed by atoms with Crippen molar-refractivity contribution in [2.75, 3.05) is 0 Å². The number of benzene rings is 2. The normalized spacial score (nSPS) is 15.3. The Kier molecular flexibility index (Phi) is 10.9. The highest BCUT2D eigenvalue weighted by atomic mass is 32.1. The number of aromatic amines is 1. The van der Waals surface area contributed by atoms with E-state index in [0.29, 0.717) is 22.2 Å². The molecule has 0 aliphatic rings. The number of halogens is 6. The summed E-state index contributed by atoms with van der Waals surface area (Å²) in [4.78, 5) is 7.17. The Morgan fingerprint density at radius 3 is 1.73 bits per heavy atom. The van der Waals surface area contributed by atoms with Gasteiger partial charge >= 0.3 is 12.4 Å². The highest BCUT2D eigenvalue weighted by Gasteiger charge is 2.57. The lowest BCUT2D eigenvalue weighted by Gasteiger charge is -2.38. The van der Waals surface area contributed by atoms with Crippen molar-refractivity contribution in [3.05, 3.63) is 123 Å². The number of H-pyrrole nitrogens is 1. The molecule has 3 N–H and O–H groups in total. The fourth-order valence-electron chi connectivity index (χ4n) is 6.66. The summed E-state index contributed by atoms with van der Waals surface area (Å²) in [6.07, 6.45) is -9.82. The van der Waals surface area contributed by atoms with Crippen LogP contribution in [0, 0.1) is 0 Å². The minimum absolute atomic E-state index is 0.377. The van der Waals surface area contributed by atoms with Crippen LogP contribution in [0.1, 0.15) is 62.9 Å². The van der Waals surface area contributed by atoms with Crippen molar-refractivity contribution >= 4 is 44.5 Å². The molecule has 0 fully saturated rings. The molecule has 0 saturated carbocycles. The summed E-state index contributed by atoms with van der Waals surface area (Å²) >= 11 is 2.87. The van der Waals surface area contributed by atoms with Gasteiger partial charge in [-0.3, -0.25) is 4.98 Å². The van der Waals surface area contributed by atoms with Crippen LogP contribution in [0.4, 0.5) is 26.3 Å². The third kappa shape index (κ3) is 8.68. The molecule has 4 nitrogen and oxygen atoms in total. The van der Waals surface area contributed by atoms with Gasteiger partial charge < -0.3 is 15.2 Å². The number of hydrogen-bond acceptors (Lipinski definition) is 5. The molecule has 12 heteroatoms. The van der Waals surface area contributed by atoms with Crippen LogP contribution in [0.15, 0.2) is 101 Å². The predicted octanol–water partition coefficient (Wildman–Crippen LogP) is 10.9. The molecule has 0 amide bonds. The molecule has 2 aromatic carbocycles. The number of para-hydroxylation sites is 2. The summed E-state index contributed by atoms with van der Waals surface area (Å²) < 4.78 is 83.0. The Labute approximate surface area is 300 Å². The largest absolute Gasteiger partial charge is 0.417 e. The molecule has 51 heavy (non-hydrogen) atoms. The molecule has 2 atom stereocenters. The van der Waals surface area contributed by atoms with E-state index in [-0.39, 0.29) is 0 Å². The summed E-state index contributed by atoms with van der Waals surface area (Å²) in [5, 5.41) is 30.2. The molecule has 272 valence electrons. The zero-order valence-corrected chi connectivity index (χ0v) is 30.2. The molecular formula is C39H40F6N2O2S2. The fourth-order valence-corrected chi connectivity index (χ4v) is 8.36. The van der Waals surface area contributed by atoms with E-state index in [1.54, 1.807) is 70.2 Å². The molecule has 0 aliphatic heterocycles. The van der Waals surface area contributed by atoms with E-state index >= 15 is 0 Å². The second-order valence-corrected chi connectivity index (χ2v) is 16.0. The van der Waals surface area contributed by atoms with E-state index in [0.717, 1.165) is 22.0 Å². The number of aromatic nitrogens is 2. The number of hydrogen-bond donors (Lipinski definition) is 3. The van der Waals surface area contributed by atoms with Gasteiger partial charge in [0.25, 0.3) is 0 Å². The molecule has 4 aromatic heterocycles. The summed E-state index contributed by atoms with van der Waals surface area (Å²) in [6, 6.07) is 21.2. The summed E-state index contributed by atoms with van der Waals surface area (Å²) in [5.41, 5.74) is -3.45. The van der Waals surface area contributed by atoms with Gasteiger partial charge in [-0.25, -0.2) is 0 Å². The lowest BCUT2D eigenvalue weighted by atomic mass is 9.73. The van der Waals surface area contributed by atoms with Gasteiger partial charge in [0.05, 0.1) is 5.52 Å². The number of alkyl halides is 6. The number of rotatable bonds is 10. The Bertz CT molecular complexity index is 2000. The van der Waals surface area contributed by atoms with E-state index in [2.05, 4.69) is 9.97 Å². The first-order valence-electron chi connectivity index (χ1n) is 16.3. The van der Waals surface area contributed by atoms with Crippen LogP contribution in [-0.2, 0) is 23.7 Å². The predicted molar refractivity (Wildman–Crippen MR) is 193 cm³/mol. The topological polar surface area (TPSA) is 69.1 Å².